The van der Waals surface area contributed by atoms with Crippen molar-refractivity contribution < 1.29 is 24.1 Å². The average molecular weight is 524 g/mol. The molecular formula is C31H29N3O5. The van der Waals surface area contributed by atoms with Crippen LogP contribution in [0, 0.1) is 0 Å². The van der Waals surface area contributed by atoms with Crippen LogP contribution < -0.4 is 19.5 Å². The fourth-order valence-corrected chi connectivity index (χ4v) is 5.10. The van der Waals surface area contributed by atoms with Crippen LogP contribution in [0.4, 0.5) is 0 Å². The lowest BCUT2D eigenvalue weighted by molar-refractivity contribution is -0.0396. The highest BCUT2D eigenvalue weighted by Gasteiger charge is 2.38. The number of aromatic nitrogens is 2. The van der Waals surface area contributed by atoms with E-state index in [1.54, 1.807) is 38.5 Å². The number of aliphatic hydroxyl groups excluding tert-OH is 1. The molecule has 1 aliphatic rings. The number of hydrogen-bond acceptors (Lipinski definition) is 7. The zero-order chi connectivity index (χ0) is 27.3. The Morgan fingerprint density at radius 3 is 2.54 bits per heavy atom. The van der Waals surface area contributed by atoms with Crippen LogP contribution in [-0.4, -0.2) is 46.9 Å². The van der Waals surface area contributed by atoms with Crippen molar-refractivity contribution in [2.75, 3.05) is 14.2 Å². The first kappa shape index (κ1) is 24.9. The zero-order valence-electron chi connectivity index (χ0n) is 22.2. The molecule has 1 aliphatic heterocycles. The fraction of sp³-hybridized carbons (Fsp3) is 0.258. The topological polar surface area (TPSA) is 103 Å². The summed E-state index contributed by atoms with van der Waals surface area (Å²) in [6, 6.07) is 18.7. The number of rotatable bonds is 5. The predicted octanol–water partition coefficient (Wildman–Crippen LogP) is 4.96. The highest BCUT2D eigenvalue weighted by atomic mass is 16.5. The number of hydrogen-bond donors (Lipinski definition) is 2. The van der Waals surface area contributed by atoms with Gasteiger partial charge in [-0.3, -0.25) is 4.79 Å². The van der Waals surface area contributed by atoms with Crippen molar-refractivity contribution in [3.63, 3.8) is 0 Å². The average Bonchev–Trinajstić information content (AvgIpc) is 2.95. The molecule has 1 unspecified atom stereocenters. The van der Waals surface area contributed by atoms with Gasteiger partial charge in [0.15, 0.2) is 0 Å². The molecular weight excluding hydrogens is 494 g/mol. The summed E-state index contributed by atoms with van der Waals surface area (Å²) in [4.78, 5) is 23.0. The number of benzene rings is 4. The Kier molecular flexibility index (Phi) is 5.99. The second-order valence-electron chi connectivity index (χ2n) is 10.3. The summed E-state index contributed by atoms with van der Waals surface area (Å²) >= 11 is 0. The molecule has 0 fully saturated rings. The van der Waals surface area contributed by atoms with E-state index < -0.39 is 11.7 Å². The molecule has 1 atom stereocenters. The predicted molar refractivity (Wildman–Crippen MR) is 150 cm³/mol. The number of methoxy groups -OCH3 is 2. The van der Waals surface area contributed by atoms with Crippen LogP contribution in [0.3, 0.4) is 0 Å². The van der Waals surface area contributed by atoms with Gasteiger partial charge in [0.2, 0.25) is 0 Å². The maximum atomic E-state index is 13.1. The molecule has 0 saturated carbocycles. The second-order valence-corrected chi connectivity index (χ2v) is 10.3. The maximum Gasteiger partial charge on any atom is 0.251 e. The number of nitrogens with zero attached hydrogens (tertiary/aromatic N) is 2. The van der Waals surface area contributed by atoms with E-state index in [4.69, 9.17) is 24.2 Å². The van der Waals surface area contributed by atoms with Crippen LogP contribution >= 0.6 is 0 Å². The molecule has 2 N–H and O–H groups in total. The van der Waals surface area contributed by atoms with Gasteiger partial charge in [0.25, 0.3) is 5.91 Å². The van der Waals surface area contributed by atoms with Gasteiger partial charge >= 0.3 is 0 Å². The van der Waals surface area contributed by atoms with E-state index in [-0.39, 0.29) is 5.91 Å². The van der Waals surface area contributed by atoms with Crippen molar-refractivity contribution >= 4 is 38.7 Å². The Morgan fingerprint density at radius 1 is 1.00 bits per heavy atom. The van der Waals surface area contributed by atoms with Crippen molar-refractivity contribution in [1.82, 2.24) is 15.3 Å². The van der Waals surface area contributed by atoms with Gasteiger partial charge in [0, 0.05) is 46.5 Å². The molecule has 0 saturated heterocycles. The third-order valence-corrected chi connectivity index (χ3v) is 7.41. The molecule has 0 aliphatic carbocycles. The summed E-state index contributed by atoms with van der Waals surface area (Å²) in [6.07, 6.45) is -0.263. The normalized spacial score (nSPS) is 16.1. The van der Waals surface area contributed by atoms with Crippen LogP contribution in [0.5, 0.6) is 17.2 Å². The third kappa shape index (κ3) is 4.27. The summed E-state index contributed by atoms with van der Waals surface area (Å²) in [5.41, 5.74) is 4.13. The van der Waals surface area contributed by atoms with E-state index in [9.17, 15) is 9.90 Å². The van der Waals surface area contributed by atoms with Crippen LogP contribution in [0.25, 0.3) is 32.8 Å². The van der Waals surface area contributed by atoms with E-state index in [0.29, 0.717) is 52.1 Å². The number of aliphatic hydroxyl groups is 1. The molecule has 0 bridgehead atoms. The minimum atomic E-state index is -0.716. The van der Waals surface area contributed by atoms with Crippen LogP contribution in [0.2, 0.25) is 0 Å². The van der Waals surface area contributed by atoms with Crippen molar-refractivity contribution in [2.24, 2.45) is 0 Å². The van der Waals surface area contributed by atoms with E-state index in [0.717, 1.165) is 27.6 Å². The number of fused-ring (bicyclic) bond motifs is 7. The Balaban J connectivity index is 1.39. The number of ether oxygens (including phenoxy) is 3. The van der Waals surface area contributed by atoms with Crippen LogP contribution in [0.15, 0.2) is 60.7 Å². The summed E-state index contributed by atoms with van der Waals surface area (Å²) in [6.45, 7) is 4.08. The molecule has 2 heterocycles. The van der Waals surface area contributed by atoms with Gasteiger partial charge in [-0.2, -0.15) is 0 Å². The van der Waals surface area contributed by atoms with Crippen molar-refractivity contribution in [3.8, 4) is 17.2 Å². The minimum Gasteiger partial charge on any atom is -0.497 e. The largest absolute Gasteiger partial charge is 0.497 e. The first-order valence-corrected chi connectivity index (χ1v) is 12.8. The molecule has 8 heteroatoms. The molecule has 6 rings (SSSR count). The van der Waals surface area contributed by atoms with Gasteiger partial charge in [-0.05, 0) is 44.2 Å². The van der Waals surface area contributed by atoms with E-state index >= 15 is 0 Å². The molecule has 198 valence electrons. The Labute approximate surface area is 225 Å². The first-order valence-electron chi connectivity index (χ1n) is 12.8. The lowest BCUT2D eigenvalue weighted by atomic mass is 9.88. The van der Waals surface area contributed by atoms with Crippen LogP contribution in [0.1, 0.15) is 35.3 Å². The minimum absolute atomic E-state index is 0.231. The van der Waals surface area contributed by atoms with E-state index in [1.807, 2.05) is 50.2 Å². The SMILES string of the molecule is COc1ccc(CNC(=O)c2ccc3nc4c5c(c6ccccc6c4nc3c2)OC(C)(C)C(O)C5)c(OC)c1. The molecule has 1 amide bonds. The van der Waals surface area contributed by atoms with Crippen molar-refractivity contribution in [1.29, 1.82) is 0 Å². The Morgan fingerprint density at radius 2 is 1.77 bits per heavy atom. The molecule has 4 aromatic carbocycles. The second kappa shape index (κ2) is 9.39. The molecule has 0 radical (unpaired) electrons. The Hall–Kier alpha value is -4.43. The van der Waals surface area contributed by atoms with Gasteiger partial charge in [0.1, 0.15) is 22.8 Å². The Bertz CT molecular complexity index is 1770. The van der Waals surface area contributed by atoms with Gasteiger partial charge in [0.05, 0.1) is 42.4 Å². The number of amides is 1. The summed E-state index contributed by atoms with van der Waals surface area (Å²) in [7, 11) is 3.18. The summed E-state index contributed by atoms with van der Waals surface area (Å²) in [5.74, 6) is 1.83. The highest BCUT2D eigenvalue weighted by molar-refractivity contribution is 6.11. The monoisotopic (exact) mass is 523 g/mol. The molecule has 5 aromatic rings. The third-order valence-electron chi connectivity index (χ3n) is 7.41. The zero-order valence-corrected chi connectivity index (χ0v) is 22.2. The molecule has 39 heavy (non-hydrogen) atoms. The highest BCUT2D eigenvalue weighted by Crippen LogP contribution is 2.43. The van der Waals surface area contributed by atoms with E-state index in [2.05, 4.69) is 5.32 Å². The van der Waals surface area contributed by atoms with Gasteiger partial charge in [-0.15, -0.1) is 0 Å². The molecule has 1 aromatic heterocycles. The number of carbonyl (C=O) groups excluding carboxylic acids is 1. The number of nitrogens with one attached hydrogen (secondary N) is 1. The lowest BCUT2D eigenvalue weighted by Crippen LogP contribution is -2.46. The molecule has 0 spiro atoms. The summed E-state index contributed by atoms with van der Waals surface area (Å²) < 4.78 is 17.0. The van der Waals surface area contributed by atoms with Gasteiger partial charge < -0.3 is 24.6 Å². The number of carbonyl (C=O) groups is 1. The standard InChI is InChI=1S/C31H29N3O5/c1-31(2)26(35)15-22-28-27(20-7-5-6-8-21(20)29(22)39-31)34-24-13-17(10-12-23(24)33-28)30(36)32-16-18-9-11-19(37-3)14-25(18)38-4/h5-14,26,35H,15-16H2,1-4H3,(H,32,36). The smallest absolute Gasteiger partial charge is 0.251 e. The molecule has 8 nitrogen and oxygen atoms in total. The van der Waals surface area contributed by atoms with E-state index in [1.165, 1.54) is 0 Å². The quantitative estimate of drug-likeness (QED) is 0.248. The van der Waals surface area contributed by atoms with Crippen molar-refractivity contribution in [2.45, 2.75) is 38.5 Å². The van der Waals surface area contributed by atoms with Crippen LogP contribution in [-0.2, 0) is 13.0 Å². The fourth-order valence-electron chi connectivity index (χ4n) is 5.10. The van der Waals surface area contributed by atoms with Gasteiger partial charge in [-0.25, -0.2) is 9.97 Å². The first-order chi connectivity index (χ1) is 18.8. The summed E-state index contributed by atoms with van der Waals surface area (Å²) in [5, 5.41) is 15.6. The van der Waals surface area contributed by atoms with Crippen molar-refractivity contribution in [3.05, 3.63) is 77.4 Å². The lowest BCUT2D eigenvalue weighted by Gasteiger charge is -2.38. The van der Waals surface area contributed by atoms with Gasteiger partial charge in [-0.1, -0.05) is 24.3 Å². The maximum absolute atomic E-state index is 13.1.